The fourth-order valence-corrected chi connectivity index (χ4v) is 2.51. The Morgan fingerprint density at radius 2 is 2.22 bits per heavy atom. The van der Waals surface area contributed by atoms with Crippen LogP contribution >= 0.6 is 27.7 Å². The lowest BCUT2D eigenvalue weighted by atomic mass is 10.2. The number of hydrogen-bond acceptors (Lipinski definition) is 3. The molecule has 0 aromatic heterocycles. The Morgan fingerprint density at radius 1 is 1.39 bits per heavy atom. The summed E-state index contributed by atoms with van der Waals surface area (Å²) in [5.74, 6) is 2.09. The predicted octanol–water partition coefficient (Wildman–Crippen LogP) is 4.08. The molecule has 0 spiro atoms. The van der Waals surface area contributed by atoms with Gasteiger partial charge in [0.05, 0.1) is 11.1 Å². The van der Waals surface area contributed by atoms with Crippen LogP contribution in [0.4, 0.5) is 0 Å². The Morgan fingerprint density at radius 3 is 2.89 bits per heavy atom. The Labute approximate surface area is 123 Å². The van der Waals surface area contributed by atoms with E-state index in [1.807, 2.05) is 17.8 Å². The van der Waals surface area contributed by atoms with Gasteiger partial charge in [0.2, 0.25) is 0 Å². The highest BCUT2D eigenvalue weighted by Crippen LogP contribution is 2.26. The zero-order chi connectivity index (χ0) is 13.2. The van der Waals surface area contributed by atoms with Crippen LogP contribution in [-0.4, -0.2) is 25.2 Å². The lowest BCUT2D eigenvalue weighted by Gasteiger charge is -2.10. The van der Waals surface area contributed by atoms with E-state index in [1.165, 1.54) is 5.56 Å². The van der Waals surface area contributed by atoms with Crippen LogP contribution in [0.2, 0.25) is 0 Å². The van der Waals surface area contributed by atoms with E-state index >= 15 is 0 Å². The average Bonchev–Trinajstić information content (AvgIpc) is 2.37. The van der Waals surface area contributed by atoms with Crippen LogP contribution in [-0.2, 0) is 6.54 Å². The summed E-state index contributed by atoms with van der Waals surface area (Å²) in [6.45, 7) is 4.94. The molecule has 0 bridgehead atoms. The third-order valence-corrected chi connectivity index (χ3v) is 3.82. The van der Waals surface area contributed by atoms with Gasteiger partial charge in [0.1, 0.15) is 5.75 Å². The van der Waals surface area contributed by atoms with Crippen LogP contribution in [0, 0.1) is 0 Å². The molecule has 102 valence electrons. The van der Waals surface area contributed by atoms with Crippen molar-refractivity contribution < 1.29 is 4.74 Å². The molecule has 0 radical (unpaired) electrons. The number of hydrogen-bond donors (Lipinski definition) is 1. The maximum atomic E-state index is 5.74. The second-order valence-corrected chi connectivity index (χ2v) is 5.98. The molecule has 0 aliphatic rings. The van der Waals surface area contributed by atoms with E-state index in [9.17, 15) is 0 Å². The van der Waals surface area contributed by atoms with Gasteiger partial charge in [0.15, 0.2) is 0 Å². The SMILES string of the molecule is CCCNCc1ccc(OCCCSC)c(Br)c1. The maximum Gasteiger partial charge on any atom is 0.133 e. The normalized spacial score (nSPS) is 10.6. The molecule has 0 heterocycles. The van der Waals surface area contributed by atoms with Crippen LogP contribution in [0.15, 0.2) is 22.7 Å². The number of rotatable bonds is 9. The van der Waals surface area contributed by atoms with E-state index in [2.05, 4.69) is 46.6 Å². The van der Waals surface area contributed by atoms with Crippen LogP contribution in [0.25, 0.3) is 0 Å². The predicted molar refractivity (Wildman–Crippen MR) is 84.6 cm³/mol. The second kappa shape index (κ2) is 9.70. The number of benzene rings is 1. The smallest absolute Gasteiger partial charge is 0.133 e. The second-order valence-electron chi connectivity index (χ2n) is 4.14. The fraction of sp³-hybridized carbons (Fsp3) is 0.571. The topological polar surface area (TPSA) is 21.3 Å². The van der Waals surface area contributed by atoms with Crippen LogP contribution < -0.4 is 10.1 Å². The van der Waals surface area contributed by atoms with Gasteiger partial charge < -0.3 is 10.1 Å². The van der Waals surface area contributed by atoms with Crippen molar-refractivity contribution in [2.45, 2.75) is 26.3 Å². The van der Waals surface area contributed by atoms with Crippen molar-refractivity contribution in [3.8, 4) is 5.75 Å². The minimum absolute atomic E-state index is 0.785. The zero-order valence-electron chi connectivity index (χ0n) is 11.2. The molecule has 0 unspecified atom stereocenters. The Kier molecular flexibility index (Phi) is 8.55. The lowest BCUT2D eigenvalue weighted by molar-refractivity contribution is 0.316. The van der Waals surface area contributed by atoms with Gasteiger partial charge in [0, 0.05) is 6.54 Å². The molecule has 0 atom stereocenters. The first-order valence-corrected chi connectivity index (χ1v) is 8.57. The minimum atomic E-state index is 0.785. The van der Waals surface area contributed by atoms with Crippen LogP contribution in [0.3, 0.4) is 0 Å². The summed E-state index contributed by atoms with van der Waals surface area (Å²) in [7, 11) is 0. The van der Waals surface area contributed by atoms with E-state index in [4.69, 9.17) is 4.74 Å². The maximum absolute atomic E-state index is 5.74. The zero-order valence-corrected chi connectivity index (χ0v) is 13.6. The van der Waals surface area contributed by atoms with Gasteiger partial charge in [-0.3, -0.25) is 0 Å². The minimum Gasteiger partial charge on any atom is -0.492 e. The van der Waals surface area contributed by atoms with Gasteiger partial charge in [-0.25, -0.2) is 0 Å². The van der Waals surface area contributed by atoms with E-state index in [0.29, 0.717) is 0 Å². The molecule has 1 aromatic rings. The molecule has 1 rings (SSSR count). The molecular formula is C14H22BrNOS. The van der Waals surface area contributed by atoms with Crippen molar-refractivity contribution in [3.63, 3.8) is 0 Å². The van der Waals surface area contributed by atoms with E-state index in [-0.39, 0.29) is 0 Å². The van der Waals surface area contributed by atoms with Gasteiger partial charge in [0.25, 0.3) is 0 Å². The molecule has 0 amide bonds. The van der Waals surface area contributed by atoms with Gasteiger partial charge in [-0.1, -0.05) is 13.0 Å². The van der Waals surface area contributed by atoms with E-state index in [0.717, 1.165) is 48.5 Å². The Bertz CT molecular complexity index is 347. The standard InChI is InChI=1S/C14H22BrNOS/c1-3-7-16-11-12-5-6-14(13(15)10-12)17-8-4-9-18-2/h5-6,10,16H,3-4,7-9,11H2,1-2H3. The number of ether oxygens (including phenoxy) is 1. The van der Waals surface area contributed by atoms with Crippen molar-refractivity contribution in [1.29, 1.82) is 0 Å². The van der Waals surface area contributed by atoms with Crippen molar-refractivity contribution in [3.05, 3.63) is 28.2 Å². The van der Waals surface area contributed by atoms with Crippen molar-refractivity contribution in [2.75, 3.05) is 25.2 Å². The van der Waals surface area contributed by atoms with Crippen molar-refractivity contribution >= 4 is 27.7 Å². The quantitative estimate of drug-likeness (QED) is 0.689. The molecule has 0 aliphatic heterocycles. The number of halogens is 1. The molecule has 0 aliphatic carbocycles. The molecule has 18 heavy (non-hydrogen) atoms. The average molecular weight is 332 g/mol. The highest BCUT2D eigenvalue weighted by Gasteiger charge is 2.02. The van der Waals surface area contributed by atoms with E-state index < -0.39 is 0 Å². The Hall–Kier alpha value is -0.190. The summed E-state index contributed by atoms with van der Waals surface area (Å²) in [5, 5.41) is 3.39. The molecule has 0 fully saturated rings. The van der Waals surface area contributed by atoms with Gasteiger partial charge >= 0.3 is 0 Å². The first kappa shape index (κ1) is 15.9. The summed E-state index contributed by atoms with van der Waals surface area (Å²) in [4.78, 5) is 0. The third-order valence-electron chi connectivity index (χ3n) is 2.50. The monoisotopic (exact) mass is 331 g/mol. The van der Waals surface area contributed by atoms with E-state index in [1.54, 1.807) is 0 Å². The van der Waals surface area contributed by atoms with Crippen molar-refractivity contribution in [2.24, 2.45) is 0 Å². The Balaban J connectivity index is 2.41. The molecular weight excluding hydrogens is 310 g/mol. The molecule has 1 N–H and O–H groups in total. The third kappa shape index (κ3) is 6.12. The summed E-state index contributed by atoms with van der Waals surface area (Å²) in [5.41, 5.74) is 1.28. The summed E-state index contributed by atoms with van der Waals surface area (Å²) in [6, 6.07) is 6.30. The fourth-order valence-electron chi connectivity index (χ4n) is 1.57. The van der Waals surface area contributed by atoms with Gasteiger partial charge in [-0.15, -0.1) is 0 Å². The highest BCUT2D eigenvalue weighted by atomic mass is 79.9. The molecule has 4 heteroatoms. The summed E-state index contributed by atoms with van der Waals surface area (Å²) in [6.07, 6.45) is 4.37. The molecule has 0 saturated heterocycles. The van der Waals surface area contributed by atoms with Gasteiger partial charge in [-0.05, 0) is 65.0 Å². The first-order chi connectivity index (χ1) is 8.77. The van der Waals surface area contributed by atoms with Crippen molar-refractivity contribution in [1.82, 2.24) is 5.32 Å². The van der Waals surface area contributed by atoms with Crippen LogP contribution in [0.1, 0.15) is 25.3 Å². The highest BCUT2D eigenvalue weighted by molar-refractivity contribution is 9.10. The molecule has 1 aromatic carbocycles. The summed E-state index contributed by atoms with van der Waals surface area (Å²) < 4.78 is 6.78. The number of thioether (sulfide) groups is 1. The molecule has 0 saturated carbocycles. The van der Waals surface area contributed by atoms with Crippen LogP contribution in [0.5, 0.6) is 5.75 Å². The summed E-state index contributed by atoms with van der Waals surface area (Å²) >= 11 is 5.42. The molecule has 2 nitrogen and oxygen atoms in total. The largest absolute Gasteiger partial charge is 0.492 e. The number of nitrogens with one attached hydrogen (secondary N) is 1. The van der Waals surface area contributed by atoms with Gasteiger partial charge in [-0.2, -0.15) is 11.8 Å². The first-order valence-electron chi connectivity index (χ1n) is 6.38. The lowest BCUT2D eigenvalue weighted by Crippen LogP contribution is -2.13.